The molecule has 6 nitrogen and oxygen atoms in total. The maximum Gasteiger partial charge on any atom is 0.302 e. The predicted molar refractivity (Wildman–Crippen MR) is 62.9 cm³/mol. The molecule has 0 saturated carbocycles. The molecule has 18 heavy (non-hydrogen) atoms. The van der Waals surface area contributed by atoms with Gasteiger partial charge < -0.3 is 4.74 Å². The fraction of sp³-hybridized carbons (Fsp3) is 0.273. The molecule has 0 atom stereocenters. The third kappa shape index (κ3) is 3.80. The molecule has 0 unspecified atom stereocenters. The van der Waals surface area contributed by atoms with Crippen molar-refractivity contribution in [3.05, 3.63) is 24.3 Å². The summed E-state index contributed by atoms with van der Waals surface area (Å²) in [4.78, 5) is 24.0. The number of para-hydroxylation sites is 1. The highest BCUT2D eigenvalue weighted by Gasteiger charge is 2.18. The molecule has 1 aromatic rings. The summed E-state index contributed by atoms with van der Waals surface area (Å²) in [6.45, 7) is 0.952. The standard InChI is InChI=1S/C11H11NO5S/c1-9(14)17-6-7-18(15,16)11-5-3-2-4-10(11)12-8-13/h2-5H,6-7H2,1H3. The molecule has 0 spiro atoms. The van der Waals surface area contributed by atoms with Gasteiger partial charge in [0.15, 0.2) is 9.84 Å². The lowest BCUT2D eigenvalue weighted by Gasteiger charge is -2.06. The maximum atomic E-state index is 11.9. The monoisotopic (exact) mass is 269 g/mol. The highest BCUT2D eigenvalue weighted by atomic mass is 32.2. The Morgan fingerprint density at radius 3 is 2.67 bits per heavy atom. The third-order valence-corrected chi connectivity index (χ3v) is 3.74. The van der Waals surface area contributed by atoms with Crippen LogP contribution in [-0.2, 0) is 24.2 Å². The van der Waals surface area contributed by atoms with Crippen LogP contribution in [0, 0.1) is 0 Å². The number of hydrogen-bond donors (Lipinski definition) is 0. The highest BCUT2D eigenvalue weighted by molar-refractivity contribution is 7.91. The fourth-order valence-electron chi connectivity index (χ4n) is 1.27. The van der Waals surface area contributed by atoms with Crippen LogP contribution in [0.5, 0.6) is 0 Å². The average molecular weight is 269 g/mol. The zero-order chi connectivity index (χ0) is 13.6. The van der Waals surface area contributed by atoms with Gasteiger partial charge in [-0.05, 0) is 12.1 Å². The van der Waals surface area contributed by atoms with Crippen LogP contribution in [0.25, 0.3) is 0 Å². The third-order valence-electron chi connectivity index (χ3n) is 2.02. The van der Waals surface area contributed by atoms with Crippen molar-refractivity contribution in [2.45, 2.75) is 11.8 Å². The number of carbonyl (C=O) groups is 1. The highest BCUT2D eigenvalue weighted by Crippen LogP contribution is 2.24. The lowest BCUT2D eigenvalue weighted by atomic mass is 10.3. The Labute approximate surface area is 104 Å². The summed E-state index contributed by atoms with van der Waals surface area (Å²) < 4.78 is 28.4. The topological polar surface area (TPSA) is 89.9 Å². The number of esters is 1. The van der Waals surface area contributed by atoms with Crippen molar-refractivity contribution in [2.24, 2.45) is 4.99 Å². The molecule has 0 fully saturated rings. The molecule has 0 amide bonds. The second kappa shape index (κ2) is 6.09. The van der Waals surface area contributed by atoms with E-state index in [0.717, 1.165) is 0 Å². The van der Waals surface area contributed by atoms with Crippen molar-refractivity contribution in [1.82, 2.24) is 0 Å². The molecule has 96 valence electrons. The van der Waals surface area contributed by atoms with Crippen molar-refractivity contribution in [3.8, 4) is 0 Å². The van der Waals surface area contributed by atoms with Crippen LogP contribution in [-0.4, -0.2) is 32.8 Å². The molecule has 0 bridgehead atoms. The van der Waals surface area contributed by atoms with Gasteiger partial charge in [-0.15, -0.1) is 0 Å². The zero-order valence-electron chi connectivity index (χ0n) is 9.62. The Morgan fingerprint density at radius 1 is 1.39 bits per heavy atom. The summed E-state index contributed by atoms with van der Waals surface area (Å²) in [5.74, 6) is -0.915. The summed E-state index contributed by atoms with van der Waals surface area (Å²) >= 11 is 0. The van der Waals surface area contributed by atoms with Crippen molar-refractivity contribution in [1.29, 1.82) is 0 Å². The molecule has 1 aromatic carbocycles. The van der Waals surface area contributed by atoms with Crippen LogP contribution < -0.4 is 0 Å². The number of ether oxygens (including phenoxy) is 1. The van der Waals surface area contributed by atoms with E-state index in [1.807, 2.05) is 0 Å². The summed E-state index contributed by atoms with van der Waals surface area (Å²) in [5, 5.41) is 0. The lowest BCUT2D eigenvalue weighted by molar-refractivity contribution is -0.140. The summed E-state index contributed by atoms with van der Waals surface area (Å²) in [7, 11) is -3.66. The Bertz CT molecular complexity index is 587. The molecule has 0 aliphatic carbocycles. The van der Waals surface area contributed by atoms with E-state index in [2.05, 4.69) is 9.73 Å². The average Bonchev–Trinajstić information content (AvgIpc) is 2.29. The first-order valence-corrected chi connectivity index (χ1v) is 6.65. The van der Waals surface area contributed by atoms with Gasteiger partial charge in [0.05, 0.1) is 16.3 Å². The molecular formula is C11H11NO5S. The zero-order valence-corrected chi connectivity index (χ0v) is 10.4. The van der Waals surface area contributed by atoms with Crippen molar-refractivity contribution >= 4 is 27.6 Å². The molecule has 0 radical (unpaired) electrons. The van der Waals surface area contributed by atoms with Gasteiger partial charge in [0.2, 0.25) is 6.08 Å². The Kier molecular flexibility index (Phi) is 4.76. The number of isocyanates is 1. The lowest BCUT2D eigenvalue weighted by Crippen LogP contribution is -2.14. The minimum Gasteiger partial charge on any atom is -0.465 e. The van der Waals surface area contributed by atoms with Gasteiger partial charge in [0, 0.05) is 6.92 Å². The fourth-order valence-corrected chi connectivity index (χ4v) is 2.51. The molecule has 1 rings (SSSR count). The van der Waals surface area contributed by atoms with Gasteiger partial charge in [-0.2, -0.15) is 4.99 Å². The molecule has 0 saturated heterocycles. The largest absolute Gasteiger partial charge is 0.465 e. The van der Waals surface area contributed by atoms with Crippen LogP contribution in [0.3, 0.4) is 0 Å². The number of sulfone groups is 1. The summed E-state index contributed by atoms with van der Waals surface area (Å²) in [5.41, 5.74) is 0.0234. The van der Waals surface area contributed by atoms with Gasteiger partial charge in [-0.25, -0.2) is 13.2 Å². The van der Waals surface area contributed by atoms with E-state index < -0.39 is 15.8 Å². The van der Waals surface area contributed by atoms with Crippen LogP contribution >= 0.6 is 0 Å². The Hall–Kier alpha value is -1.98. The first-order valence-electron chi connectivity index (χ1n) is 5.00. The first kappa shape index (κ1) is 14.1. The van der Waals surface area contributed by atoms with E-state index in [-0.39, 0.29) is 22.9 Å². The number of nitrogens with zero attached hydrogens (tertiary/aromatic N) is 1. The molecular weight excluding hydrogens is 258 g/mol. The van der Waals surface area contributed by atoms with Crippen LogP contribution in [0.1, 0.15) is 6.92 Å². The van der Waals surface area contributed by atoms with Crippen LogP contribution in [0.15, 0.2) is 34.2 Å². The van der Waals surface area contributed by atoms with Gasteiger partial charge in [-0.3, -0.25) is 4.79 Å². The van der Waals surface area contributed by atoms with E-state index >= 15 is 0 Å². The van der Waals surface area contributed by atoms with E-state index in [0.29, 0.717) is 0 Å². The van der Waals surface area contributed by atoms with Crippen molar-refractivity contribution < 1.29 is 22.7 Å². The molecule has 0 N–H and O–H groups in total. The normalized spacial score (nSPS) is 10.5. The number of rotatable bonds is 5. The van der Waals surface area contributed by atoms with E-state index in [1.54, 1.807) is 6.07 Å². The minimum atomic E-state index is -3.66. The van der Waals surface area contributed by atoms with Gasteiger partial charge >= 0.3 is 5.97 Å². The SMILES string of the molecule is CC(=O)OCCS(=O)(=O)c1ccccc1N=C=O. The van der Waals surface area contributed by atoms with Gasteiger partial charge in [0.1, 0.15) is 6.61 Å². The number of benzene rings is 1. The van der Waals surface area contributed by atoms with E-state index in [9.17, 15) is 18.0 Å². The van der Waals surface area contributed by atoms with Crippen LogP contribution in [0.4, 0.5) is 5.69 Å². The Balaban J connectivity index is 2.98. The quantitative estimate of drug-likeness (QED) is 0.451. The van der Waals surface area contributed by atoms with E-state index in [4.69, 9.17) is 0 Å². The summed E-state index contributed by atoms with van der Waals surface area (Å²) in [6, 6.07) is 5.80. The van der Waals surface area contributed by atoms with Gasteiger partial charge in [-0.1, -0.05) is 12.1 Å². The smallest absolute Gasteiger partial charge is 0.302 e. The minimum absolute atomic E-state index is 0.0234. The number of carbonyl (C=O) groups excluding carboxylic acids is 2. The maximum absolute atomic E-state index is 11.9. The van der Waals surface area contributed by atoms with Crippen molar-refractivity contribution in [2.75, 3.05) is 12.4 Å². The Morgan fingerprint density at radius 2 is 2.06 bits per heavy atom. The number of aliphatic imine (C=N–C) groups is 1. The first-order chi connectivity index (χ1) is 8.47. The van der Waals surface area contributed by atoms with Crippen molar-refractivity contribution in [3.63, 3.8) is 0 Å². The van der Waals surface area contributed by atoms with E-state index in [1.165, 1.54) is 31.2 Å². The second-order valence-corrected chi connectivity index (χ2v) is 5.41. The summed E-state index contributed by atoms with van der Waals surface area (Å²) in [6.07, 6.45) is 1.30. The molecule has 0 aromatic heterocycles. The second-order valence-electron chi connectivity index (χ2n) is 3.33. The molecule has 7 heteroatoms. The number of hydrogen-bond acceptors (Lipinski definition) is 6. The van der Waals surface area contributed by atoms with Gasteiger partial charge in [0.25, 0.3) is 0 Å². The molecule has 0 aliphatic rings. The molecule has 0 aliphatic heterocycles. The van der Waals surface area contributed by atoms with Crippen LogP contribution in [0.2, 0.25) is 0 Å². The molecule has 0 heterocycles. The predicted octanol–water partition coefficient (Wildman–Crippen LogP) is 0.991.